The van der Waals surface area contributed by atoms with Gasteiger partial charge < -0.3 is 0 Å². The van der Waals surface area contributed by atoms with Crippen LogP contribution in [0.15, 0.2) is 43.5 Å². The fraction of sp³-hybridized carbons (Fsp3) is 0.389. The van der Waals surface area contributed by atoms with Crippen molar-refractivity contribution in [2.24, 2.45) is 5.92 Å². The average molecular weight is 292 g/mol. The average Bonchev–Trinajstić information content (AvgIpc) is 2.41. The number of hydrogen-bond donors (Lipinski definition) is 0. The first-order valence-corrected chi connectivity index (χ1v) is 7.50. The van der Waals surface area contributed by atoms with Crippen LogP contribution >= 0.6 is 11.6 Å². The zero-order valence-electron chi connectivity index (χ0n) is 13.1. The van der Waals surface area contributed by atoms with Crippen LogP contribution in [0, 0.1) is 5.92 Å². The maximum absolute atomic E-state index is 6.08. The number of rotatable bonds is 2. The summed E-state index contributed by atoms with van der Waals surface area (Å²) in [5.74, 6) is 0.633. The van der Waals surface area contributed by atoms with E-state index < -0.39 is 0 Å². The largest absolute Gasteiger partial charge is 0.253 e. The van der Waals surface area contributed by atoms with E-state index >= 15 is 0 Å². The van der Waals surface area contributed by atoms with Crippen LogP contribution in [0.4, 0.5) is 0 Å². The van der Waals surface area contributed by atoms with Gasteiger partial charge in [-0.1, -0.05) is 51.8 Å². The standard InChI is InChI=1S/C13H14ClN.C3H8.C2H4/c1-9(2)8-10-6-7-11-12(14)4-3-5-13(11)15-10;1-3-2;1-2/h3-7,9H,8H2,1-2H3;3H2,1-2H3;1-2H2. The second-order valence-corrected chi connectivity index (χ2v) is 5.32. The summed E-state index contributed by atoms with van der Waals surface area (Å²) in [4.78, 5) is 4.59. The molecule has 110 valence electrons. The molecule has 20 heavy (non-hydrogen) atoms. The highest BCUT2D eigenvalue weighted by Crippen LogP contribution is 2.22. The second kappa shape index (κ2) is 10.4. The first kappa shape index (κ1) is 18.7. The van der Waals surface area contributed by atoms with Gasteiger partial charge >= 0.3 is 0 Å². The maximum atomic E-state index is 6.08. The molecule has 1 nitrogen and oxygen atoms in total. The highest BCUT2D eigenvalue weighted by atomic mass is 35.5. The van der Waals surface area contributed by atoms with Crippen molar-refractivity contribution in [2.45, 2.75) is 40.5 Å². The second-order valence-electron chi connectivity index (χ2n) is 4.91. The molecule has 0 amide bonds. The lowest BCUT2D eigenvalue weighted by atomic mass is 10.1. The Balaban J connectivity index is 0.000000641. The molecule has 0 spiro atoms. The Kier molecular flexibility index (Phi) is 9.75. The number of pyridine rings is 1. The topological polar surface area (TPSA) is 12.9 Å². The third kappa shape index (κ3) is 6.21. The quantitative estimate of drug-likeness (QED) is 0.591. The summed E-state index contributed by atoms with van der Waals surface area (Å²) < 4.78 is 0. The van der Waals surface area contributed by atoms with E-state index in [0.717, 1.165) is 28.0 Å². The Labute approximate surface area is 128 Å². The summed E-state index contributed by atoms with van der Waals surface area (Å²) in [5, 5.41) is 1.81. The van der Waals surface area contributed by atoms with Crippen LogP contribution in [0.1, 0.15) is 39.8 Å². The van der Waals surface area contributed by atoms with Gasteiger partial charge in [0.1, 0.15) is 0 Å². The zero-order chi connectivity index (χ0) is 15.5. The van der Waals surface area contributed by atoms with Crippen LogP contribution < -0.4 is 0 Å². The molecule has 0 aliphatic rings. The SMILES string of the molecule is C=C.CC(C)Cc1ccc2c(Cl)cccc2n1.CCC. The minimum absolute atomic E-state index is 0.633. The van der Waals surface area contributed by atoms with Crippen molar-refractivity contribution in [3.63, 3.8) is 0 Å². The molecule has 2 rings (SSSR count). The van der Waals surface area contributed by atoms with Crippen molar-refractivity contribution in [1.82, 2.24) is 4.98 Å². The molecular weight excluding hydrogens is 266 g/mol. The highest BCUT2D eigenvalue weighted by Gasteiger charge is 2.03. The van der Waals surface area contributed by atoms with Crippen LogP contribution in [0.3, 0.4) is 0 Å². The summed E-state index contributed by atoms with van der Waals surface area (Å²) >= 11 is 6.08. The number of nitrogens with zero attached hydrogens (tertiary/aromatic N) is 1. The van der Waals surface area contributed by atoms with E-state index in [1.54, 1.807) is 0 Å². The van der Waals surface area contributed by atoms with Gasteiger partial charge in [-0.15, -0.1) is 13.2 Å². The van der Waals surface area contributed by atoms with Crippen molar-refractivity contribution >= 4 is 22.5 Å². The Morgan fingerprint density at radius 3 is 2.25 bits per heavy atom. The van der Waals surface area contributed by atoms with Gasteiger partial charge in [-0.25, -0.2) is 0 Å². The van der Waals surface area contributed by atoms with Gasteiger partial charge in [0, 0.05) is 16.1 Å². The van der Waals surface area contributed by atoms with Gasteiger partial charge in [-0.3, -0.25) is 4.98 Å². The van der Waals surface area contributed by atoms with Crippen LogP contribution in [0.2, 0.25) is 5.02 Å². The van der Waals surface area contributed by atoms with E-state index in [0.29, 0.717) is 5.92 Å². The number of hydrogen-bond acceptors (Lipinski definition) is 1. The summed E-state index contributed by atoms with van der Waals surface area (Å²) in [7, 11) is 0. The molecule has 0 radical (unpaired) electrons. The molecule has 1 heterocycles. The summed E-state index contributed by atoms with van der Waals surface area (Å²) in [6.45, 7) is 14.6. The third-order valence-electron chi connectivity index (χ3n) is 2.35. The van der Waals surface area contributed by atoms with Crippen LogP contribution in [-0.2, 0) is 6.42 Å². The summed E-state index contributed by atoms with van der Waals surface area (Å²) in [6.07, 6.45) is 2.27. The van der Waals surface area contributed by atoms with E-state index in [-0.39, 0.29) is 0 Å². The highest BCUT2D eigenvalue weighted by molar-refractivity contribution is 6.35. The molecule has 0 N–H and O–H groups in total. The van der Waals surface area contributed by atoms with Gasteiger partial charge in [0.15, 0.2) is 0 Å². The van der Waals surface area contributed by atoms with E-state index in [1.165, 1.54) is 6.42 Å². The van der Waals surface area contributed by atoms with Crippen molar-refractivity contribution < 1.29 is 0 Å². The lowest BCUT2D eigenvalue weighted by Crippen LogP contribution is -1.97. The van der Waals surface area contributed by atoms with Crippen molar-refractivity contribution in [3.05, 3.63) is 54.2 Å². The van der Waals surface area contributed by atoms with E-state index in [4.69, 9.17) is 11.6 Å². The van der Waals surface area contributed by atoms with E-state index in [9.17, 15) is 0 Å². The number of aromatic nitrogens is 1. The Morgan fingerprint density at radius 1 is 1.10 bits per heavy atom. The Bertz CT molecular complexity index is 506. The van der Waals surface area contributed by atoms with Gasteiger partial charge in [0.05, 0.1) is 5.52 Å². The van der Waals surface area contributed by atoms with Gasteiger partial charge in [0.2, 0.25) is 0 Å². The predicted octanol–water partition coefficient (Wildman–Crippen LogP) is 6.31. The fourth-order valence-corrected chi connectivity index (χ4v) is 1.92. The number of benzene rings is 1. The van der Waals surface area contributed by atoms with Gasteiger partial charge in [-0.05, 0) is 36.6 Å². The molecule has 0 aliphatic heterocycles. The number of halogens is 1. The fourth-order valence-electron chi connectivity index (χ4n) is 1.69. The van der Waals surface area contributed by atoms with Crippen molar-refractivity contribution in [2.75, 3.05) is 0 Å². The van der Waals surface area contributed by atoms with Gasteiger partial charge in [-0.2, -0.15) is 0 Å². The van der Waals surface area contributed by atoms with Gasteiger partial charge in [0.25, 0.3) is 0 Å². The normalized spacial score (nSPS) is 9.50. The Hall–Kier alpha value is -1.34. The summed E-state index contributed by atoms with van der Waals surface area (Å²) in [5.41, 5.74) is 2.13. The molecule has 2 aromatic rings. The minimum Gasteiger partial charge on any atom is -0.253 e. The lowest BCUT2D eigenvalue weighted by molar-refractivity contribution is 0.637. The molecule has 0 unspecified atom stereocenters. The van der Waals surface area contributed by atoms with Crippen LogP contribution in [-0.4, -0.2) is 4.98 Å². The molecule has 0 bridgehead atoms. The molecule has 0 saturated heterocycles. The van der Waals surface area contributed by atoms with E-state index in [2.05, 4.69) is 58.0 Å². The molecule has 1 aromatic carbocycles. The monoisotopic (exact) mass is 291 g/mol. The molecular formula is C18H26ClN. The molecule has 0 saturated carbocycles. The van der Waals surface area contributed by atoms with Crippen LogP contribution in [0.5, 0.6) is 0 Å². The third-order valence-corrected chi connectivity index (χ3v) is 2.68. The lowest BCUT2D eigenvalue weighted by Gasteiger charge is -2.06. The molecule has 2 heteroatoms. The first-order chi connectivity index (χ1) is 9.58. The van der Waals surface area contributed by atoms with E-state index in [1.807, 2.05) is 18.2 Å². The zero-order valence-corrected chi connectivity index (χ0v) is 13.9. The molecule has 0 aliphatic carbocycles. The summed E-state index contributed by atoms with van der Waals surface area (Å²) in [6, 6.07) is 9.96. The predicted molar refractivity (Wildman–Crippen MR) is 92.5 cm³/mol. The molecule has 0 fully saturated rings. The minimum atomic E-state index is 0.633. The molecule has 0 atom stereocenters. The smallest absolute Gasteiger partial charge is 0.0720 e. The van der Waals surface area contributed by atoms with Crippen molar-refractivity contribution in [3.8, 4) is 0 Å². The van der Waals surface area contributed by atoms with Crippen molar-refractivity contribution in [1.29, 1.82) is 0 Å². The maximum Gasteiger partial charge on any atom is 0.0720 e. The first-order valence-electron chi connectivity index (χ1n) is 7.12. The Morgan fingerprint density at radius 2 is 1.70 bits per heavy atom. The molecule has 1 aromatic heterocycles. The van der Waals surface area contributed by atoms with Crippen LogP contribution in [0.25, 0.3) is 10.9 Å². The number of fused-ring (bicyclic) bond motifs is 1.